The van der Waals surface area contributed by atoms with Gasteiger partial charge in [-0.3, -0.25) is 9.89 Å². The Morgan fingerprint density at radius 3 is 2.20 bits per heavy atom. The highest BCUT2D eigenvalue weighted by molar-refractivity contribution is 6.30. The third-order valence-corrected chi connectivity index (χ3v) is 3.42. The van der Waals surface area contributed by atoms with Gasteiger partial charge in [0.2, 0.25) is 0 Å². The van der Waals surface area contributed by atoms with Crippen molar-refractivity contribution in [3.8, 4) is 12.1 Å². The van der Waals surface area contributed by atoms with Crippen LogP contribution in [-0.4, -0.2) is 10.2 Å². The molecule has 2 rings (SSSR count). The van der Waals surface area contributed by atoms with Crippen LogP contribution in [0.15, 0.2) is 29.1 Å². The first-order valence-corrected chi connectivity index (χ1v) is 6.28. The number of nitrogens with zero attached hydrogens (tertiary/aromatic N) is 2. The van der Waals surface area contributed by atoms with Crippen LogP contribution in [0.4, 0.5) is 0 Å². The summed E-state index contributed by atoms with van der Waals surface area (Å²) in [6, 6.07) is 10.7. The molecule has 1 aromatic carbocycles. The van der Waals surface area contributed by atoms with E-state index in [-0.39, 0.29) is 5.56 Å². The second-order valence-corrected chi connectivity index (χ2v) is 4.82. The number of hydrogen-bond acceptors (Lipinski definition) is 3. The summed E-state index contributed by atoms with van der Waals surface area (Å²) in [7, 11) is 0. The van der Waals surface area contributed by atoms with Crippen LogP contribution in [0.2, 0.25) is 5.02 Å². The van der Waals surface area contributed by atoms with Gasteiger partial charge in [-0.25, -0.2) is 0 Å². The van der Waals surface area contributed by atoms with E-state index >= 15 is 0 Å². The number of aryl methyl sites for hydroxylation is 1. The molecule has 1 heterocycles. The number of rotatable bonds is 3. The van der Waals surface area contributed by atoms with Crippen LogP contribution in [0.1, 0.15) is 22.7 Å². The molecule has 2 aromatic rings. The van der Waals surface area contributed by atoms with E-state index in [0.717, 1.165) is 0 Å². The topological polar surface area (TPSA) is 96.2 Å². The van der Waals surface area contributed by atoms with E-state index in [4.69, 9.17) is 11.6 Å². The van der Waals surface area contributed by atoms with Crippen molar-refractivity contribution in [2.45, 2.75) is 12.8 Å². The summed E-state index contributed by atoms with van der Waals surface area (Å²) in [6.07, 6.45) is 0. The number of benzene rings is 1. The van der Waals surface area contributed by atoms with Crippen LogP contribution in [0.5, 0.6) is 0 Å². The van der Waals surface area contributed by atoms with E-state index in [9.17, 15) is 15.3 Å². The van der Waals surface area contributed by atoms with Gasteiger partial charge in [-0.15, -0.1) is 0 Å². The molecular weight excluding hydrogens is 276 g/mol. The summed E-state index contributed by atoms with van der Waals surface area (Å²) in [5.74, 6) is -1.57. The standard InChI is InChI=1S/C14H11ClN4O/c1-8-12(14(20)19-18-8)13(10(6-16)7-17)9-2-4-11(15)5-3-9/h2-5,10,13H,1H3,(H2,18,19,20). The molecule has 0 radical (unpaired) electrons. The van der Waals surface area contributed by atoms with Crippen molar-refractivity contribution in [2.75, 3.05) is 0 Å². The van der Waals surface area contributed by atoms with Gasteiger partial charge in [-0.2, -0.15) is 10.5 Å². The molecule has 20 heavy (non-hydrogen) atoms. The second-order valence-electron chi connectivity index (χ2n) is 4.38. The summed E-state index contributed by atoms with van der Waals surface area (Å²) >= 11 is 5.85. The van der Waals surface area contributed by atoms with Gasteiger partial charge in [0.05, 0.1) is 12.1 Å². The van der Waals surface area contributed by atoms with Gasteiger partial charge < -0.3 is 5.10 Å². The van der Waals surface area contributed by atoms with E-state index in [1.54, 1.807) is 31.2 Å². The summed E-state index contributed by atoms with van der Waals surface area (Å²) in [6.45, 7) is 1.72. The molecule has 0 aliphatic heterocycles. The number of nitriles is 2. The summed E-state index contributed by atoms with van der Waals surface area (Å²) in [5.41, 5.74) is 1.40. The van der Waals surface area contributed by atoms with E-state index in [1.807, 2.05) is 12.1 Å². The van der Waals surface area contributed by atoms with Gasteiger partial charge >= 0.3 is 0 Å². The van der Waals surface area contributed by atoms with Crippen molar-refractivity contribution in [1.82, 2.24) is 10.2 Å². The second kappa shape index (κ2) is 5.64. The van der Waals surface area contributed by atoms with Crippen molar-refractivity contribution in [1.29, 1.82) is 10.5 Å². The first-order chi connectivity index (χ1) is 9.58. The lowest BCUT2D eigenvalue weighted by molar-refractivity contribution is 0.700. The molecule has 1 unspecified atom stereocenters. The third-order valence-electron chi connectivity index (χ3n) is 3.16. The van der Waals surface area contributed by atoms with Crippen molar-refractivity contribution in [3.05, 3.63) is 56.5 Å². The number of aromatic nitrogens is 2. The minimum atomic E-state index is -0.952. The molecule has 0 saturated carbocycles. The Morgan fingerprint density at radius 1 is 1.15 bits per heavy atom. The highest BCUT2D eigenvalue weighted by Crippen LogP contribution is 2.31. The van der Waals surface area contributed by atoms with E-state index in [0.29, 0.717) is 21.8 Å². The smallest absolute Gasteiger partial charge is 0.268 e. The molecule has 1 atom stereocenters. The number of aromatic amines is 2. The van der Waals surface area contributed by atoms with Crippen molar-refractivity contribution >= 4 is 11.6 Å². The maximum atomic E-state index is 11.9. The van der Waals surface area contributed by atoms with Gasteiger partial charge in [0, 0.05) is 22.2 Å². The molecule has 100 valence electrons. The fourth-order valence-electron chi connectivity index (χ4n) is 2.20. The highest BCUT2D eigenvalue weighted by Gasteiger charge is 2.29. The van der Waals surface area contributed by atoms with E-state index in [2.05, 4.69) is 10.2 Å². The van der Waals surface area contributed by atoms with Crippen molar-refractivity contribution < 1.29 is 0 Å². The van der Waals surface area contributed by atoms with Crippen molar-refractivity contribution in [3.63, 3.8) is 0 Å². The molecule has 0 fully saturated rings. The normalized spacial score (nSPS) is 11.8. The fraction of sp³-hybridized carbons (Fsp3) is 0.214. The first kappa shape index (κ1) is 13.9. The largest absolute Gasteiger partial charge is 0.302 e. The predicted molar refractivity (Wildman–Crippen MR) is 74.2 cm³/mol. The SMILES string of the molecule is Cc1[nH][nH]c(=O)c1C(c1ccc(Cl)cc1)C(C#N)C#N. The third kappa shape index (κ3) is 2.45. The number of hydrogen-bond donors (Lipinski definition) is 2. The van der Waals surface area contributed by atoms with Gasteiger partial charge in [-0.05, 0) is 24.6 Å². The molecule has 1 aromatic heterocycles. The van der Waals surface area contributed by atoms with Crippen LogP contribution >= 0.6 is 11.6 Å². The van der Waals surface area contributed by atoms with Crippen LogP contribution in [0.25, 0.3) is 0 Å². The van der Waals surface area contributed by atoms with Gasteiger partial charge in [0.1, 0.15) is 5.92 Å². The molecule has 0 aliphatic carbocycles. The number of halogens is 1. The minimum absolute atomic E-state index is 0.321. The van der Waals surface area contributed by atoms with Gasteiger partial charge in [0.15, 0.2) is 0 Å². The average Bonchev–Trinajstić information content (AvgIpc) is 2.77. The summed E-state index contributed by atoms with van der Waals surface area (Å²) in [5, 5.41) is 24.1. The van der Waals surface area contributed by atoms with Gasteiger partial charge in [-0.1, -0.05) is 23.7 Å². The van der Waals surface area contributed by atoms with Gasteiger partial charge in [0.25, 0.3) is 5.56 Å². The Morgan fingerprint density at radius 2 is 1.75 bits per heavy atom. The Kier molecular flexibility index (Phi) is 3.93. The Hall–Kier alpha value is -2.50. The predicted octanol–water partition coefficient (Wildman–Crippen LogP) is 2.46. The minimum Gasteiger partial charge on any atom is -0.302 e. The molecule has 0 saturated heterocycles. The number of nitrogens with one attached hydrogen (secondary N) is 2. The Labute approximate surface area is 120 Å². The molecule has 0 spiro atoms. The lowest BCUT2D eigenvalue weighted by Crippen LogP contribution is -2.19. The lowest BCUT2D eigenvalue weighted by atomic mass is 9.82. The van der Waals surface area contributed by atoms with Crippen LogP contribution < -0.4 is 5.56 Å². The van der Waals surface area contributed by atoms with Crippen molar-refractivity contribution in [2.24, 2.45) is 5.92 Å². The Bertz CT molecular complexity index is 731. The highest BCUT2D eigenvalue weighted by atomic mass is 35.5. The molecule has 5 nitrogen and oxygen atoms in total. The molecular formula is C14H11ClN4O. The maximum Gasteiger partial charge on any atom is 0.268 e. The van der Waals surface area contributed by atoms with E-state index < -0.39 is 11.8 Å². The zero-order chi connectivity index (χ0) is 14.7. The average molecular weight is 287 g/mol. The lowest BCUT2D eigenvalue weighted by Gasteiger charge is -2.17. The van der Waals surface area contributed by atoms with Crippen LogP contribution in [-0.2, 0) is 0 Å². The molecule has 0 aliphatic rings. The van der Waals surface area contributed by atoms with Crippen LogP contribution in [0, 0.1) is 35.5 Å². The summed E-state index contributed by atoms with van der Waals surface area (Å²) < 4.78 is 0. The fourth-order valence-corrected chi connectivity index (χ4v) is 2.33. The molecule has 2 N–H and O–H groups in total. The summed E-state index contributed by atoms with van der Waals surface area (Å²) in [4.78, 5) is 11.9. The quantitative estimate of drug-likeness (QED) is 0.907. The molecule has 6 heteroatoms. The first-order valence-electron chi connectivity index (χ1n) is 5.90. The Balaban J connectivity index is 2.63. The zero-order valence-electron chi connectivity index (χ0n) is 10.6. The number of H-pyrrole nitrogens is 2. The zero-order valence-corrected chi connectivity index (χ0v) is 11.4. The molecule has 0 amide bonds. The van der Waals surface area contributed by atoms with E-state index in [1.165, 1.54) is 0 Å². The maximum absolute atomic E-state index is 11.9. The monoisotopic (exact) mass is 286 g/mol. The molecule has 0 bridgehead atoms. The van der Waals surface area contributed by atoms with Crippen LogP contribution in [0.3, 0.4) is 0 Å².